The number of fused-ring (bicyclic) bond motifs is 1. The number of carbonyl (C=O) groups excluding carboxylic acids is 1. The van der Waals surface area contributed by atoms with E-state index in [0.29, 0.717) is 10.9 Å². The molecule has 5 nitrogen and oxygen atoms in total. The van der Waals surface area contributed by atoms with Crippen molar-refractivity contribution in [2.45, 2.75) is 43.3 Å². The molecule has 1 heterocycles. The van der Waals surface area contributed by atoms with Gasteiger partial charge in [0.1, 0.15) is 11.6 Å². The minimum absolute atomic E-state index is 0.0644. The van der Waals surface area contributed by atoms with E-state index in [4.69, 9.17) is 0 Å². The molecule has 1 amide bonds. The Hall–Kier alpha value is -2.74. The van der Waals surface area contributed by atoms with Crippen LogP contribution < -0.4 is 5.56 Å². The van der Waals surface area contributed by atoms with Crippen molar-refractivity contribution in [3.05, 3.63) is 64.5 Å². The molecule has 0 bridgehead atoms. The summed E-state index contributed by atoms with van der Waals surface area (Å²) in [6, 6.07) is 10.0. The normalized spacial score (nSPS) is 14.7. The highest BCUT2D eigenvalue weighted by atomic mass is 32.2. The lowest BCUT2D eigenvalue weighted by atomic mass is 9.94. The molecule has 2 aromatic carbocycles. The van der Waals surface area contributed by atoms with Crippen LogP contribution in [0.15, 0.2) is 52.4 Å². The smallest absolute Gasteiger partial charge is 0.266 e. The van der Waals surface area contributed by atoms with Crippen molar-refractivity contribution in [1.82, 2.24) is 14.5 Å². The van der Waals surface area contributed by atoms with Crippen LogP contribution in [0.2, 0.25) is 0 Å². The maximum Gasteiger partial charge on any atom is 0.266 e. The summed E-state index contributed by atoms with van der Waals surface area (Å²) in [5, 5.41) is 0.515. The number of hydrogen-bond acceptors (Lipinski definition) is 4. The Morgan fingerprint density at radius 2 is 1.90 bits per heavy atom. The van der Waals surface area contributed by atoms with Gasteiger partial charge in [-0.1, -0.05) is 43.2 Å². The van der Waals surface area contributed by atoms with Crippen molar-refractivity contribution in [3.8, 4) is 5.69 Å². The number of thioether (sulfide) groups is 1. The minimum Gasteiger partial charge on any atom is -0.342 e. The van der Waals surface area contributed by atoms with Gasteiger partial charge in [-0.15, -0.1) is 0 Å². The van der Waals surface area contributed by atoms with Gasteiger partial charge in [0.05, 0.1) is 22.3 Å². The van der Waals surface area contributed by atoms with E-state index in [-0.39, 0.29) is 28.5 Å². The van der Waals surface area contributed by atoms with Gasteiger partial charge in [-0.05, 0) is 37.1 Å². The maximum absolute atomic E-state index is 14.6. The van der Waals surface area contributed by atoms with Crippen LogP contribution in [0.5, 0.6) is 0 Å². The molecule has 0 spiro atoms. The lowest BCUT2D eigenvalue weighted by Gasteiger charge is -2.31. The Labute approximate surface area is 183 Å². The van der Waals surface area contributed by atoms with Gasteiger partial charge < -0.3 is 4.90 Å². The standard InChI is InChI=1S/C23H23F2N3O2S/c1-27(16-7-3-2-4-8-16)21(29)14-31-23-26-19-10-6-5-9-17(19)22(30)28(23)20-12-11-15(24)13-18(20)25/h5-6,9-13,16H,2-4,7-8,14H2,1H3. The number of carbonyl (C=O) groups is 1. The fourth-order valence-corrected chi connectivity index (χ4v) is 4.91. The highest BCUT2D eigenvalue weighted by Gasteiger charge is 2.23. The lowest BCUT2D eigenvalue weighted by molar-refractivity contribution is -0.129. The van der Waals surface area contributed by atoms with Crippen LogP contribution in [-0.4, -0.2) is 39.2 Å². The summed E-state index contributed by atoms with van der Waals surface area (Å²) in [6.45, 7) is 0. The summed E-state index contributed by atoms with van der Waals surface area (Å²) in [5.41, 5.74) is -0.103. The zero-order valence-corrected chi connectivity index (χ0v) is 18.0. The predicted octanol–water partition coefficient (Wildman–Crippen LogP) is 4.55. The molecular weight excluding hydrogens is 420 g/mol. The summed E-state index contributed by atoms with van der Waals surface area (Å²) in [7, 11) is 1.80. The second-order valence-corrected chi connectivity index (χ2v) is 8.68. The van der Waals surface area contributed by atoms with Crippen molar-refractivity contribution < 1.29 is 13.6 Å². The topological polar surface area (TPSA) is 55.2 Å². The molecule has 1 saturated carbocycles. The Bertz CT molecular complexity index is 1180. The molecule has 0 radical (unpaired) electrons. The maximum atomic E-state index is 14.6. The lowest BCUT2D eigenvalue weighted by Crippen LogP contribution is -2.39. The van der Waals surface area contributed by atoms with Crippen LogP contribution in [0.25, 0.3) is 16.6 Å². The number of aromatic nitrogens is 2. The van der Waals surface area contributed by atoms with E-state index in [1.165, 1.54) is 12.5 Å². The Kier molecular flexibility index (Phi) is 6.36. The highest BCUT2D eigenvalue weighted by molar-refractivity contribution is 7.99. The molecule has 4 rings (SSSR count). The van der Waals surface area contributed by atoms with Gasteiger partial charge in [0.25, 0.3) is 5.56 Å². The molecule has 31 heavy (non-hydrogen) atoms. The third kappa shape index (κ3) is 4.49. The molecule has 1 aromatic heterocycles. The molecule has 1 fully saturated rings. The molecule has 0 atom stereocenters. The molecule has 0 aliphatic heterocycles. The van der Waals surface area contributed by atoms with Gasteiger partial charge in [0.2, 0.25) is 5.91 Å². The van der Waals surface area contributed by atoms with Crippen molar-refractivity contribution >= 4 is 28.6 Å². The molecule has 8 heteroatoms. The first-order valence-electron chi connectivity index (χ1n) is 10.3. The molecular formula is C23H23F2N3O2S. The SMILES string of the molecule is CN(C(=O)CSc1nc2ccccc2c(=O)n1-c1ccc(F)cc1F)C1CCCCC1. The van der Waals surface area contributed by atoms with Gasteiger partial charge >= 0.3 is 0 Å². The molecule has 162 valence electrons. The molecule has 0 N–H and O–H groups in total. The Morgan fingerprint density at radius 1 is 1.16 bits per heavy atom. The van der Waals surface area contributed by atoms with E-state index in [9.17, 15) is 18.4 Å². The molecule has 1 aliphatic rings. The van der Waals surface area contributed by atoms with Gasteiger partial charge in [-0.2, -0.15) is 0 Å². The fraction of sp³-hybridized carbons (Fsp3) is 0.348. The summed E-state index contributed by atoms with van der Waals surface area (Å²) in [4.78, 5) is 32.2. The quantitative estimate of drug-likeness (QED) is 0.429. The predicted molar refractivity (Wildman–Crippen MR) is 118 cm³/mol. The van der Waals surface area contributed by atoms with E-state index in [1.54, 1.807) is 36.2 Å². The summed E-state index contributed by atoms with van der Waals surface area (Å²) < 4.78 is 29.1. The van der Waals surface area contributed by atoms with Gasteiger partial charge in [-0.3, -0.25) is 14.2 Å². The van der Waals surface area contributed by atoms with Crippen molar-refractivity contribution in [2.75, 3.05) is 12.8 Å². The van der Waals surface area contributed by atoms with Crippen LogP contribution in [0.1, 0.15) is 32.1 Å². The van der Waals surface area contributed by atoms with E-state index >= 15 is 0 Å². The first-order chi connectivity index (χ1) is 15.0. The molecule has 0 saturated heterocycles. The number of amides is 1. The number of benzene rings is 2. The number of nitrogens with zero attached hydrogens (tertiary/aromatic N) is 3. The third-order valence-electron chi connectivity index (χ3n) is 5.74. The fourth-order valence-electron chi connectivity index (χ4n) is 3.98. The van der Waals surface area contributed by atoms with Gasteiger partial charge in [-0.25, -0.2) is 13.8 Å². The largest absolute Gasteiger partial charge is 0.342 e. The molecule has 0 unspecified atom stereocenters. The second kappa shape index (κ2) is 9.18. The van der Waals surface area contributed by atoms with Crippen LogP contribution in [0, 0.1) is 11.6 Å². The first kappa shape index (κ1) is 21.5. The Morgan fingerprint density at radius 3 is 2.65 bits per heavy atom. The average Bonchev–Trinajstić information content (AvgIpc) is 2.78. The van der Waals surface area contributed by atoms with Crippen LogP contribution in [0.3, 0.4) is 0 Å². The monoisotopic (exact) mass is 443 g/mol. The van der Waals surface area contributed by atoms with E-state index < -0.39 is 17.2 Å². The molecule has 1 aliphatic carbocycles. The average molecular weight is 444 g/mol. The summed E-state index contributed by atoms with van der Waals surface area (Å²) in [6.07, 6.45) is 5.42. The zero-order valence-electron chi connectivity index (χ0n) is 17.2. The number of rotatable bonds is 5. The van der Waals surface area contributed by atoms with Crippen molar-refractivity contribution in [3.63, 3.8) is 0 Å². The van der Waals surface area contributed by atoms with Crippen LogP contribution >= 0.6 is 11.8 Å². The van der Waals surface area contributed by atoms with Crippen molar-refractivity contribution in [2.24, 2.45) is 0 Å². The molecule has 3 aromatic rings. The van der Waals surface area contributed by atoms with Gasteiger partial charge in [0, 0.05) is 19.2 Å². The minimum atomic E-state index is -0.869. The number of halogens is 2. The highest BCUT2D eigenvalue weighted by Crippen LogP contribution is 2.26. The first-order valence-corrected chi connectivity index (χ1v) is 11.3. The summed E-state index contributed by atoms with van der Waals surface area (Å²) in [5.74, 6) is -1.60. The van der Waals surface area contributed by atoms with E-state index in [2.05, 4.69) is 4.98 Å². The number of para-hydroxylation sites is 1. The van der Waals surface area contributed by atoms with E-state index in [1.807, 2.05) is 0 Å². The van der Waals surface area contributed by atoms with Crippen LogP contribution in [0.4, 0.5) is 8.78 Å². The van der Waals surface area contributed by atoms with Gasteiger partial charge in [0.15, 0.2) is 5.16 Å². The Balaban J connectivity index is 1.69. The van der Waals surface area contributed by atoms with Crippen LogP contribution in [-0.2, 0) is 4.79 Å². The second-order valence-electron chi connectivity index (χ2n) is 7.73. The van der Waals surface area contributed by atoms with E-state index in [0.717, 1.165) is 54.1 Å². The number of hydrogen-bond donors (Lipinski definition) is 0. The zero-order chi connectivity index (χ0) is 22.0. The van der Waals surface area contributed by atoms with Crippen molar-refractivity contribution in [1.29, 1.82) is 0 Å². The summed E-state index contributed by atoms with van der Waals surface area (Å²) >= 11 is 1.08. The third-order valence-corrected chi connectivity index (χ3v) is 6.66.